The molecule has 0 bridgehead atoms. The van der Waals surface area contributed by atoms with Crippen LogP contribution >= 0.6 is 0 Å². The van der Waals surface area contributed by atoms with Crippen molar-refractivity contribution in [3.8, 4) is 134 Å². The maximum atomic E-state index is 2.56. The Morgan fingerprint density at radius 1 is 0.0714 bits per heavy atom. The molecule has 0 atom stereocenters. The topological polar surface area (TPSA) is 0 Å². The lowest BCUT2D eigenvalue weighted by molar-refractivity contribution is 1.54. The van der Waals surface area contributed by atoms with Gasteiger partial charge in [0.1, 0.15) is 0 Å². The summed E-state index contributed by atoms with van der Waals surface area (Å²) in [6.07, 6.45) is 0. The summed E-state index contributed by atoms with van der Waals surface area (Å²) in [5.74, 6) is 0. The smallest absolute Gasteiger partial charge is 0.00136 e. The van der Waals surface area contributed by atoms with Crippen molar-refractivity contribution in [3.63, 3.8) is 0 Å². The average molecular weight is 1590 g/mol. The molecule has 0 heteroatoms. The van der Waals surface area contributed by atoms with Crippen LogP contribution in [0.25, 0.3) is 263 Å². The second-order valence-electron chi connectivity index (χ2n) is 34.1. The maximum Gasteiger partial charge on any atom is -0.00136 e. The van der Waals surface area contributed by atoms with E-state index in [-0.39, 0.29) is 0 Å². The third kappa shape index (κ3) is 12.4. The lowest BCUT2D eigenvalue weighted by Gasteiger charge is -2.30. The molecule has 0 unspecified atom stereocenters. The first-order valence-electron chi connectivity index (χ1n) is 43.8. The molecular weight excluding hydrogens is 1510 g/mol. The maximum absolute atomic E-state index is 2.56. The summed E-state index contributed by atoms with van der Waals surface area (Å²) in [5, 5.41) is 28.4. The van der Waals surface area contributed by atoms with Crippen molar-refractivity contribution in [3.05, 3.63) is 473 Å². The molecule has 126 heavy (non-hydrogen) atoms. The van der Waals surface area contributed by atoms with Crippen LogP contribution in [0.1, 0.15) is 0 Å². The van der Waals surface area contributed by atoms with Crippen LogP contribution in [0.3, 0.4) is 0 Å². The first kappa shape index (κ1) is 72.4. The minimum absolute atomic E-state index is 1.11. The van der Waals surface area contributed by atoms with E-state index in [2.05, 4.69) is 473 Å². The molecule has 0 aliphatic rings. The van der Waals surface area contributed by atoms with E-state index < -0.39 is 0 Å². The molecule has 0 aliphatic heterocycles. The Kier molecular flexibility index (Phi) is 17.1. The minimum Gasteiger partial charge on any atom is -0.0622 e. The first-order chi connectivity index (χ1) is 62.4. The van der Waals surface area contributed by atoms with Gasteiger partial charge in [-0.15, -0.1) is 0 Å². The molecule has 25 aromatic carbocycles. The van der Waals surface area contributed by atoms with Crippen molar-refractivity contribution in [2.45, 2.75) is 0 Å². The zero-order valence-corrected chi connectivity index (χ0v) is 69.0. The Balaban J connectivity index is 0.885. The third-order valence-electron chi connectivity index (χ3n) is 26.9. The van der Waals surface area contributed by atoms with Crippen LogP contribution in [-0.2, 0) is 0 Å². The largest absolute Gasteiger partial charge is 0.0622 e. The summed E-state index contributed by atoms with van der Waals surface area (Å²) in [4.78, 5) is 0. The van der Waals surface area contributed by atoms with Crippen molar-refractivity contribution in [2.75, 3.05) is 0 Å². The van der Waals surface area contributed by atoms with Crippen LogP contribution in [0.4, 0.5) is 0 Å². The van der Waals surface area contributed by atoms with Crippen molar-refractivity contribution >= 4 is 129 Å². The molecule has 25 rings (SSSR count). The summed E-state index contributed by atoms with van der Waals surface area (Å²) >= 11 is 0. The first-order valence-corrected chi connectivity index (χ1v) is 43.8. The molecule has 25 aromatic rings. The SMILES string of the molecule is c1ccc(-c2ccc3c(ccc4ccc(-c5c(-c6ccc7ccc8cc(-c9ccccc9)ccc8c7c6)c(-c6ccc7ccc8cc(-c9ccccc9)ccc8c7c6)c(-c6ccc7ccc8cc(-c9ccccc9)ccc8c7c6)c(-c6ccc7ccc8cc(-c9ccccc9)ccc8c7c6)c5-c5ccc6ccc7cc(-c8ccccc8)ccc7c6c5)cc43)c2)cc1. The number of fused-ring (bicyclic) bond motifs is 18. The standard InChI is InChI=1S/C126H78/c1-7-19-79(20-8-1)91-55-61-109-97(67-91)43-31-85-37-49-103(73-115(85)109)121-122(104-50-38-86-32-44-98-68-92(80-21-9-2-10-22-80)56-62-110(98)116(86)74-104)124(106-52-40-88-34-46-100-70-94(82-25-13-4-14-26-82)58-64-112(100)118(88)76-106)126(108-54-42-90-36-48-102-72-96(84-29-17-6-18-30-84)60-66-114(102)120(90)78-108)125(107-53-41-89-35-47-101-71-95(83-27-15-5-16-28-83)59-65-113(101)119(89)77-107)123(121)105-51-39-87-33-45-99-69-93(81-23-11-3-12-24-81)57-63-111(99)117(87)75-105/h1-78H. The van der Waals surface area contributed by atoms with Gasteiger partial charge in [0.25, 0.3) is 0 Å². The van der Waals surface area contributed by atoms with E-state index in [9.17, 15) is 0 Å². The second kappa shape index (κ2) is 29.8. The number of hydrogen-bond donors (Lipinski definition) is 0. The molecule has 0 saturated heterocycles. The highest BCUT2D eigenvalue weighted by molar-refractivity contribution is 6.24. The molecule has 0 amide bonds. The Morgan fingerprint density at radius 3 is 0.349 bits per heavy atom. The fraction of sp³-hybridized carbons (Fsp3) is 0. The molecule has 582 valence electrons. The Bertz CT molecular complexity index is 7420. The highest BCUT2D eigenvalue weighted by Crippen LogP contribution is 2.59. The summed E-state index contributed by atoms with van der Waals surface area (Å²) in [6.45, 7) is 0. The van der Waals surface area contributed by atoms with Crippen LogP contribution in [-0.4, -0.2) is 0 Å². The van der Waals surface area contributed by atoms with Gasteiger partial charge in [-0.1, -0.05) is 400 Å². The Hall–Kier alpha value is -16.4. The van der Waals surface area contributed by atoms with E-state index in [1.54, 1.807) is 0 Å². The van der Waals surface area contributed by atoms with Gasteiger partial charge in [-0.05, 0) is 336 Å². The minimum atomic E-state index is 1.11. The molecule has 0 saturated carbocycles. The van der Waals surface area contributed by atoms with Gasteiger partial charge in [-0.3, -0.25) is 0 Å². The summed E-state index contributed by atoms with van der Waals surface area (Å²) < 4.78 is 0. The predicted octanol–water partition coefficient (Wildman–Crippen LogP) is 35.5. The molecule has 0 radical (unpaired) electrons. The monoisotopic (exact) mass is 1590 g/mol. The van der Waals surface area contributed by atoms with Crippen molar-refractivity contribution in [1.82, 2.24) is 0 Å². The number of rotatable bonds is 12. The van der Waals surface area contributed by atoms with Crippen molar-refractivity contribution in [2.24, 2.45) is 0 Å². The van der Waals surface area contributed by atoms with E-state index in [1.165, 1.54) is 196 Å². The summed E-state index contributed by atoms with van der Waals surface area (Å²) in [7, 11) is 0. The van der Waals surface area contributed by atoms with Gasteiger partial charge in [0.2, 0.25) is 0 Å². The zero-order chi connectivity index (χ0) is 82.9. The molecule has 0 N–H and O–H groups in total. The van der Waals surface area contributed by atoms with Crippen molar-refractivity contribution in [1.29, 1.82) is 0 Å². The molecule has 0 fully saturated rings. The van der Waals surface area contributed by atoms with Gasteiger partial charge in [0.15, 0.2) is 0 Å². The van der Waals surface area contributed by atoms with Gasteiger partial charge >= 0.3 is 0 Å². The normalized spacial score (nSPS) is 11.8. The Labute approximate surface area is 730 Å². The van der Waals surface area contributed by atoms with Crippen LogP contribution in [0.15, 0.2) is 473 Å². The molecule has 0 aromatic heterocycles. The fourth-order valence-electron chi connectivity index (χ4n) is 20.6. The third-order valence-corrected chi connectivity index (χ3v) is 26.9. The lowest BCUT2D eigenvalue weighted by Crippen LogP contribution is -2.03. The average Bonchev–Trinajstić information content (AvgIpc) is 0.700. The molecule has 0 spiro atoms. The van der Waals surface area contributed by atoms with E-state index in [4.69, 9.17) is 0 Å². The number of hydrogen-bond acceptors (Lipinski definition) is 0. The zero-order valence-electron chi connectivity index (χ0n) is 69.0. The van der Waals surface area contributed by atoms with Crippen molar-refractivity contribution < 1.29 is 0 Å². The van der Waals surface area contributed by atoms with Gasteiger partial charge in [-0.25, -0.2) is 0 Å². The van der Waals surface area contributed by atoms with Gasteiger partial charge in [0.05, 0.1) is 0 Å². The van der Waals surface area contributed by atoms with Crippen LogP contribution in [0.2, 0.25) is 0 Å². The summed E-state index contributed by atoms with van der Waals surface area (Å²) in [6, 6.07) is 180. The van der Waals surface area contributed by atoms with Gasteiger partial charge in [0, 0.05) is 0 Å². The van der Waals surface area contributed by atoms with Gasteiger partial charge in [-0.2, -0.15) is 0 Å². The molecule has 0 aliphatic carbocycles. The van der Waals surface area contributed by atoms with Crippen LogP contribution in [0.5, 0.6) is 0 Å². The quantitative estimate of drug-likeness (QED) is 0.107. The van der Waals surface area contributed by atoms with E-state index in [1.807, 2.05) is 0 Å². The molecular formula is C126H78. The Morgan fingerprint density at radius 2 is 0.198 bits per heavy atom. The van der Waals surface area contributed by atoms with E-state index in [0.29, 0.717) is 0 Å². The molecule has 0 nitrogen and oxygen atoms in total. The second-order valence-corrected chi connectivity index (χ2v) is 34.1. The van der Waals surface area contributed by atoms with E-state index in [0.717, 1.165) is 66.8 Å². The highest BCUT2D eigenvalue weighted by atomic mass is 14.3. The van der Waals surface area contributed by atoms with Crippen LogP contribution in [0, 0.1) is 0 Å². The summed E-state index contributed by atoms with van der Waals surface area (Å²) in [5.41, 5.74) is 27.7. The number of benzene rings is 25. The highest BCUT2D eigenvalue weighted by Gasteiger charge is 2.32. The van der Waals surface area contributed by atoms with E-state index >= 15 is 0 Å². The fourth-order valence-corrected chi connectivity index (χ4v) is 20.6. The molecule has 0 heterocycles. The predicted molar refractivity (Wildman–Crippen MR) is 542 cm³/mol. The lowest BCUT2D eigenvalue weighted by atomic mass is 9.73. The van der Waals surface area contributed by atoms with Gasteiger partial charge < -0.3 is 0 Å². The van der Waals surface area contributed by atoms with Crippen LogP contribution < -0.4 is 0 Å².